The van der Waals surface area contributed by atoms with Gasteiger partial charge in [0.2, 0.25) is 0 Å². The molecule has 0 atom stereocenters. The SMILES string of the molecule is CC1(C)c2ccccc2-c2ccc(-c3ccc4c(c3)C(C)(C)c3c-4c(N(c4ccc(-c5ccccc5)cc4)c4ccc(-c5ccccc5)cc4)cc4ccccc34)cc21. The fraction of sp³-hybridized carbons (Fsp3) is 0.103. The summed E-state index contributed by atoms with van der Waals surface area (Å²) in [6, 6.07) is 74.2. The first-order chi connectivity index (χ1) is 28.8. The van der Waals surface area contributed by atoms with Gasteiger partial charge in [-0.05, 0) is 126 Å². The Kier molecular flexibility index (Phi) is 7.94. The molecule has 1 heteroatoms. The second kappa shape index (κ2) is 13.3. The highest BCUT2D eigenvalue weighted by molar-refractivity contribution is 6.06. The van der Waals surface area contributed by atoms with Gasteiger partial charge in [0.25, 0.3) is 0 Å². The molecule has 9 aromatic carbocycles. The van der Waals surface area contributed by atoms with Crippen LogP contribution in [-0.4, -0.2) is 0 Å². The maximum Gasteiger partial charge on any atom is 0.0549 e. The molecule has 0 amide bonds. The van der Waals surface area contributed by atoms with Gasteiger partial charge < -0.3 is 4.90 Å². The van der Waals surface area contributed by atoms with Crippen LogP contribution in [0.2, 0.25) is 0 Å². The molecule has 0 fully saturated rings. The van der Waals surface area contributed by atoms with Gasteiger partial charge in [-0.2, -0.15) is 0 Å². The Labute approximate surface area is 347 Å². The lowest BCUT2D eigenvalue weighted by atomic mass is 9.79. The number of nitrogens with zero attached hydrogens (tertiary/aromatic N) is 1. The maximum atomic E-state index is 2.48. The van der Waals surface area contributed by atoms with Gasteiger partial charge in [-0.25, -0.2) is 0 Å². The van der Waals surface area contributed by atoms with E-state index in [0.29, 0.717) is 0 Å². The van der Waals surface area contributed by atoms with Crippen LogP contribution in [0.3, 0.4) is 0 Å². The zero-order valence-electron chi connectivity index (χ0n) is 34.0. The molecule has 0 N–H and O–H groups in total. The van der Waals surface area contributed by atoms with Gasteiger partial charge in [0.05, 0.1) is 5.69 Å². The molecule has 1 nitrogen and oxygen atoms in total. The lowest BCUT2D eigenvalue weighted by molar-refractivity contribution is 0.660. The van der Waals surface area contributed by atoms with Crippen molar-refractivity contribution in [2.45, 2.75) is 38.5 Å². The van der Waals surface area contributed by atoms with E-state index in [2.05, 4.69) is 233 Å². The minimum Gasteiger partial charge on any atom is -0.310 e. The Balaban J connectivity index is 1.10. The molecule has 0 radical (unpaired) electrons. The van der Waals surface area contributed by atoms with Crippen LogP contribution >= 0.6 is 0 Å². The zero-order valence-corrected chi connectivity index (χ0v) is 34.0. The highest BCUT2D eigenvalue weighted by Gasteiger charge is 2.40. The van der Waals surface area contributed by atoms with Gasteiger partial charge >= 0.3 is 0 Å². The summed E-state index contributed by atoms with van der Waals surface area (Å²) >= 11 is 0. The monoisotopic (exact) mass is 755 g/mol. The van der Waals surface area contributed by atoms with Gasteiger partial charge in [-0.1, -0.05) is 185 Å². The molecule has 282 valence electrons. The number of benzene rings is 9. The molecule has 0 heterocycles. The van der Waals surface area contributed by atoms with E-state index in [4.69, 9.17) is 0 Å². The van der Waals surface area contributed by atoms with Crippen molar-refractivity contribution in [3.8, 4) is 55.6 Å². The number of hydrogen-bond acceptors (Lipinski definition) is 1. The van der Waals surface area contributed by atoms with Crippen LogP contribution in [0.15, 0.2) is 200 Å². The summed E-state index contributed by atoms with van der Waals surface area (Å²) in [5.41, 5.74) is 21.4. The van der Waals surface area contributed by atoms with Crippen LogP contribution in [0.4, 0.5) is 17.1 Å². The molecule has 59 heavy (non-hydrogen) atoms. The first-order valence-electron chi connectivity index (χ1n) is 20.8. The summed E-state index contributed by atoms with van der Waals surface area (Å²) in [6.07, 6.45) is 0. The van der Waals surface area contributed by atoms with Crippen molar-refractivity contribution < 1.29 is 0 Å². The van der Waals surface area contributed by atoms with Gasteiger partial charge in [-0.15, -0.1) is 0 Å². The first kappa shape index (κ1) is 35.2. The van der Waals surface area contributed by atoms with Gasteiger partial charge in [0, 0.05) is 27.8 Å². The van der Waals surface area contributed by atoms with Crippen molar-refractivity contribution in [3.63, 3.8) is 0 Å². The largest absolute Gasteiger partial charge is 0.310 e. The second-order valence-electron chi connectivity index (χ2n) is 17.3. The summed E-state index contributed by atoms with van der Waals surface area (Å²) in [7, 11) is 0. The van der Waals surface area contributed by atoms with E-state index in [1.54, 1.807) is 0 Å². The lowest BCUT2D eigenvalue weighted by Crippen LogP contribution is -2.17. The molecule has 2 aliphatic carbocycles. The molecule has 0 saturated heterocycles. The Morgan fingerprint density at radius 3 is 1.41 bits per heavy atom. The summed E-state index contributed by atoms with van der Waals surface area (Å²) in [5, 5.41) is 2.56. The van der Waals surface area contributed by atoms with E-state index in [-0.39, 0.29) is 10.8 Å². The van der Waals surface area contributed by atoms with E-state index in [1.807, 2.05) is 0 Å². The number of anilines is 3. The normalized spacial score (nSPS) is 14.0. The number of hydrogen-bond donors (Lipinski definition) is 0. The van der Waals surface area contributed by atoms with Gasteiger partial charge in [-0.3, -0.25) is 0 Å². The summed E-state index contributed by atoms with van der Waals surface area (Å²) in [5.74, 6) is 0. The number of fused-ring (bicyclic) bond motifs is 8. The van der Waals surface area contributed by atoms with Crippen molar-refractivity contribution in [1.29, 1.82) is 0 Å². The molecule has 0 aliphatic heterocycles. The Morgan fingerprint density at radius 2 is 0.797 bits per heavy atom. The Bertz CT molecular complexity index is 2980. The Hall–Kier alpha value is -6.96. The predicted molar refractivity (Wildman–Crippen MR) is 250 cm³/mol. The molecule has 0 aromatic heterocycles. The molecule has 11 rings (SSSR count). The zero-order chi connectivity index (χ0) is 39.9. The fourth-order valence-electron chi connectivity index (χ4n) is 10.2. The lowest BCUT2D eigenvalue weighted by Gasteiger charge is -2.30. The molecule has 0 saturated carbocycles. The van der Waals surface area contributed by atoms with E-state index >= 15 is 0 Å². The first-order valence-corrected chi connectivity index (χ1v) is 20.8. The van der Waals surface area contributed by atoms with E-state index in [9.17, 15) is 0 Å². The number of rotatable bonds is 6. The quantitative estimate of drug-likeness (QED) is 0.163. The summed E-state index contributed by atoms with van der Waals surface area (Å²) < 4.78 is 0. The van der Waals surface area contributed by atoms with Gasteiger partial charge in [0.15, 0.2) is 0 Å². The second-order valence-corrected chi connectivity index (χ2v) is 17.3. The third-order valence-corrected chi connectivity index (χ3v) is 13.2. The van der Waals surface area contributed by atoms with E-state index in [0.717, 1.165) is 11.4 Å². The van der Waals surface area contributed by atoms with Crippen molar-refractivity contribution in [2.24, 2.45) is 0 Å². The molecule has 0 spiro atoms. The standard InChI is InChI=1S/C58H45N/c1-57(2)51-22-14-13-21-48(51)49-33-27-42(35-52(49)57)43-28-34-50-53(36-43)58(3,4)56-47-20-12-11-19-44(47)37-54(55(50)56)59(45-29-23-40(24-30-45)38-15-7-5-8-16-38)46-31-25-41(26-32-46)39-17-9-6-10-18-39/h5-37H,1-4H3. The third-order valence-electron chi connectivity index (χ3n) is 13.2. The predicted octanol–water partition coefficient (Wildman–Crippen LogP) is 15.9. The molecule has 0 unspecified atom stereocenters. The molecular weight excluding hydrogens is 711 g/mol. The average molecular weight is 756 g/mol. The minimum atomic E-state index is -0.247. The van der Waals surface area contributed by atoms with Crippen LogP contribution in [0.5, 0.6) is 0 Å². The smallest absolute Gasteiger partial charge is 0.0549 e. The summed E-state index contributed by atoms with van der Waals surface area (Å²) in [4.78, 5) is 2.48. The molecule has 9 aromatic rings. The van der Waals surface area contributed by atoms with Crippen LogP contribution in [0, 0.1) is 0 Å². The van der Waals surface area contributed by atoms with Crippen LogP contribution < -0.4 is 4.90 Å². The Morgan fingerprint density at radius 1 is 0.339 bits per heavy atom. The van der Waals surface area contributed by atoms with Crippen molar-refractivity contribution in [3.05, 3.63) is 222 Å². The maximum absolute atomic E-state index is 2.48. The van der Waals surface area contributed by atoms with E-state index < -0.39 is 0 Å². The average Bonchev–Trinajstić information content (AvgIpc) is 3.67. The van der Waals surface area contributed by atoms with Crippen LogP contribution in [-0.2, 0) is 10.8 Å². The van der Waals surface area contributed by atoms with Crippen molar-refractivity contribution in [2.75, 3.05) is 4.90 Å². The summed E-state index contributed by atoms with van der Waals surface area (Å²) in [6.45, 7) is 9.58. The highest BCUT2D eigenvalue weighted by atomic mass is 15.1. The third kappa shape index (κ3) is 5.53. The highest BCUT2D eigenvalue weighted by Crippen LogP contribution is 2.58. The van der Waals surface area contributed by atoms with Crippen molar-refractivity contribution in [1.82, 2.24) is 0 Å². The van der Waals surface area contributed by atoms with Gasteiger partial charge in [0.1, 0.15) is 0 Å². The van der Waals surface area contributed by atoms with Crippen LogP contribution in [0.1, 0.15) is 49.9 Å². The molecule has 2 aliphatic rings. The van der Waals surface area contributed by atoms with E-state index in [1.165, 1.54) is 94.3 Å². The minimum absolute atomic E-state index is 0.0515. The van der Waals surface area contributed by atoms with Crippen LogP contribution in [0.25, 0.3) is 66.4 Å². The molecule has 0 bridgehead atoms. The topological polar surface area (TPSA) is 3.24 Å². The fourth-order valence-corrected chi connectivity index (χ4v) is 10.2. The molecular formula is C58H45N. The van der Waals surface area contributed by atoms with Crippen molar-refractivity contribution >= 4 is 27.8 Å².